The second-order valence-electron chi connectivity index (χ2n) is 3.11. The molecule has 72 valence electrons. The van der Waals surface area contributed by atoms with Crippen molar-refractivity contribution in [1.29, 1.82) is 0 Å². The molecule has 3 nitrogen and oxygen atoms in total. The number of nitrogens with one attached hydrogen (secondary N) is 1. The number of fused-ring (bicyclic) bond motifs is 1. The first-order valence-corrected chi connectivity index (χ1v) is 5.38. The van der Waals surface area contributed by atoms with Crippen LogP contribution in [0.15, 0.2) is 18.5 Å². The maximum Gasteiger partial charge on any atom is 0.175 e. The highest BCUT2D eigenvalue weighted by atomic mass is 79.9. The summed E-state index contributed by atoms with van der Waals surface area (Å²) in [6.45, 7) is 1.98. The van der Waals surface area contributed by atoms with Crippen molar-refractivity contribution in [3.8, 4) is 0 Å². The van der Waals surface area contributed by atoms with Gasteiger partial charge in [-0.05, 0) is 18.6 Å². The molecule has 4 heteroatoms. The molecule has 0 atom stereocenters. The molecule has 0 saturated carbocycles. The number of pyridine rings is 1. The lowest BCUT2D eigenvalue weighted by Crippen LogP contribution is -1.98. The summed E-state index contributed by atoms with van der Waals surface area (Å²) in [6.07, 6.45) is 3.45. The SMILES string of the molecule is Cc1ccnc2[nH]cc(C(=O)CBr)c12. The van der Waals surface area contributed by atoms with E-state index >= 15 is 0 Å². The number of aromatic nitrogens is 2. The average Bonchev–Trinajstić information content (AvgIpc) is 2.62. The fraction of sp³-hybridized carbons (Fsp3) is 0.200. The lowest BCUT2D eigenvalue weighted by atomic mass is 10.1. The fourth-order valence-corrected chi connectivity index (χ4v) is 1.81. The lowest BCUT2D eigenvalue weighted by molar-refractivity contribution is 0.102. The van der Waals surface area contributed by atoms with Crippen LogP contribution >= 0.6 is 15.9 Å². The molecule has 0 aliphatic rings. The highest BCUT2D eigenvalue weighted by Gasteiger charge is 2.12. The van der Waals surface area contributed by atoms with Gasteiger partial charge in [-0.2, -0.15) is 0 Å². The van der Waals surface area contributed by atoms with E-state index < -0.39 is 0 Å². The molecule has 0 radical (unpaired) electrons. The molecule has 2 aromatic heterocycles. The highest BCUT2D eigenvalue weighted by molar-refractivity contribution is 9.09. The number of H-pyrrole nitrogens is 1. The average molecular weight is 253 g/mol. The van der Waals surface area contributed by atoms with Gasteiger partial charge in [-0.1, -0.05) is 15.9 Å². The molecule has 14 heavy (non-hydrogen) atoms. The van der Waals surface area contributed by atoms with Gasteiger partial charge in [0.25, 0.3) is 0 Å². The Labute approximate surface area is 89.7 Å². The van der Waals surface area contributed by atoms with Gasteiger partial charge in [0.05, 0.1) is 5.33 Å². The molecule has 2 aromatic rings. The number of hydrogen-bond donors (Lipinski definition) is 1. The predicted molar refractivity (Wildman–Crippen MR) is 59.0 cm³/mol. The van der Waals surface area contributed by atoms with Crippen molar-refractivity contribution in [3.63, 3.8) is 0 Å². The van der Waals surface area contributed by atoms with Crippen molar-refractivity contribution in [1.82, 2.24) is 9.97 Å². The van der Waals surface area contributed by atoms with Crippen molar-refractivity contribution in [2.75, 3.05) is 5.33 Å². The number of nitrogens with zero attached hydrogens (tertiary/aromatic N) is 1. The zero-order chi connectivity index (χ0) is 10.1. The van der Waals surface area contributed by atoms with Crippen LogP contribution < -0.4 is 0 Å². The molecule has 0 amide bonds. The first kappa shape index (κ1) is 9.40. The zero-order valence-electron chi connectivity index (χ0n) is 7.67. The van der Waals surface area contributed by atoms with Gasteiger partial charge in [-0.15, -0.1) is 0 Å². The molecule has 0 spiro atoms. The highest BCUT2D eigenvalue weighted by Crippen LogP contribution is 2.20. The van der Waals surface area contributed by atoms with Gasteiger partial charge in [0.2, 0.25) is 0 Å². The van der Waals surface area contributed by atoms with Crippen LogP contribution in [0.1, 0.15) is 15.9 Å². The van der Waals surface area contributed by atoms with E-state index in [9.17, 15) is 4.79 Å². The first-order valence-electron chi connectivity index (χ1n) is 4.26. The van der Waals surface area contributed by atoms with Gasteiger partial charge in [-0.3, -0.25) is 4.79 Å². The first-order chi connectivity index (χ1) is 6.74. The number of Topliss-reactive ketones (excluding diaryl/α,β-unsaturated/α-hetero) is 1. The Morgan fingerprint density at radius 3 is 3.14 bits per heavy atom. The van der Waals surface area contributed by atoms with Gasteiger partial charge in [-0.25, -0.2) is 4.98 Å². The summed E-state index contributed by atoms with van der Waals surface area (Å²) in [5.74, 6) is 0.0763. The number of aromatic amines is 1. The Balaban J connectivity index is 2.73. The van der Waals surface area contributed by atoms with Crippen LogP contribution in [0.2, 0.25) is 0 Å². The second kappa shape index (κ2) is 3.53. The number of carbonyl (C=O) groups excluding carboxylic acids is 1. The van der Waals surface area contributed by atoms with E-state index in [2.05, 4.69) is 25.9 Å². The largest absolute Gasteiger partial charge is 0.345 e. The van der Waals surface area contributed by atoms with Gasteiger partial charge in [0.1, 0.15) is 5.65 Å². The molecule has 1 N–H and O–H groups in total. The van der Waals surface area contributed by atoms with Crippen molar-refractivity contribution in [2.45, 2.75) is 6.92 Å². The van der Waals surface area contributed by atoms with Gasteiger partial charge in [0.15, 0.2) is 5.78 Å². The molecule has 0 unspecified atom stereocenters. The van der Waals surface area contributed by atoms with Gasteiger partial charge < -0.3 is 4.98 Å². The minimum absolute atomic E-state index is 0.0763. The van der Waals surface area contributed by atoms with E-state index in [1.807, 2.05) is 13.0 Å². The van der Waals surface area contributed by atoms with E-state index in [0.29, 0.717) is 10.9 Å². The van der Waals surface area contributed by atoms with Crippen LogP contribution in [-0.4, -0.2) is 21.1 Å². The minimum atomic E-state index is 0.0763. The topological polar surface area (TPSA) is 45.8 Å². The van der Waals surface area contributed by atoms with Crippen LogP contribution in [0, 0.1) is 6.92 Å². The quantitative estimate of drug-likeness (QED) is 0.660. The van der Waals surface area contributed by atoms with E-state index in [1.165, 1.54) is 0 Å². The third kappa shape index (κ3) is 1.35. The molecule has 0 aliphatic carbocycles. The Hall–Kier alpha value is -1.16. The molecule has 2 heterocycles. The van der Waals surface area contributed by atoms with Crippen molar-refractivity contribution >= 4 is 32.7 Å². The third-order valence-electron chi connectivity index (χ3n) is 2.20. The number of hydrogen-bond acceptors (Lipinski definition) is 2. The number of aryl methyl sites for hydroxylation is 1. The van der Waals surface area contributed by atoms with Crippen molar-refractivity contribution in [2.24, 2.45) is 0 Å². The summed E-state index contributed by atoms with van der Waals surface area (Å²) < 4.78 is 0. The number of ketones is 1. The summed E-state index contributed by atoms with van der Waals surface area (Å²) >= 11 is 3.16. The van der Waals surface area contributed by atoms with E-state index in [4.69, 9.17) is 0 Å². The van der Waals surface area contributed by atoms with Crippen LogP contribution in [0.25, 0.3) is 11.0 Å². The Morgan fingerprint density at radius 1 is 1.64 bits per heavy atom. The third-order valence-corrected chi connectivity index (χ3v) is 2.71. The Morgan fingerprint density at radius 2 is 2.43 bits per heavy atom. The minimum Gasteiger partial charge on any atom is -0.345 e. The molecule has 0 aliphatic heterocycles. The van der Waals surface area contributed by atoms with Crippen LogP contribution in [-0.2, 0) is 0 Å². The number of rotatable bonds is 2. The molecule has 0 aromatic carbocycles. The maximum atomic E-state index is 11.5. The van der Waals surface area contributed by atoms with E-state index in [-0.39, 0.29) is 5.78 Å². The number of halogens is 1. The Bertz CT molecular complexity index is 490. The summed E-state index contributed by atoms with van der Waals surface area (Å²) in [5, 5.41) is 1.27. The van der Waals surface area contributed by atoms with Crippen LogP contribution in [0.3, 0.4) is 0 Å². The summed E-state index contributed by atoms with van der Waals surface area (Å²) in [7, 11) is 0. The second-order valence-corrected chi connectivity index (χ2v) is 3.67. The predicted octanol–water partition coefficient (Wildman–Crippen LogP) is 2.45. The molecule has 0 fully saturated rings. The zero-order valence-corrected chi connectivity index (χ0v) is 9.26. The number of alkyl halides is 1. The van der Waals surface area contributed by atoms with Gasteiger partial charge in [0, 0.05) is 23.3 Å². The Kier molecular flexibility index (Phi) is 2.37. The van der Waals surface area contributed by atoms with E-state index in [1.54, 1.807) is 12.4 Å². The molecule has 2 rings (SSSR count). The monoisotopic (exact) mass is 252 g/mol. The van der Waals surface area contributed by atoms with Crippen molar-refractivity contribution in [3.05, 3.63) is 29.6 Å². The number of carbonyl (C=O) groups is 1. The van der Waals surface area contributed by atoms with Gasteiger partial charge >= 0.3 is 0 Å². The smallest absolute Gasteiger partial charge is 0.175 e. The summed E-state index contributed by atoms with van der Waals surface area (Å²) in [6, 6.07) is 1.90. The molecule has 0 bridgehead atoms. The molecular formula is C10H9BrN2O. The standard InChI is InChI=1S/C10H9BrN2O/c1-6-2-3-12-10-9(6)7(5-13-10)8(14)4-11/h2-3,5H,4H2,1H3,(H,12,13). The van der Waals surface area contributed by atoms with Crippen LogP contribution in [0.5, 0.6) is 0 Å². The van der Waals surface area contributed by atoms with Crippen molar-refractivity contribution < 1.29 is 4.79 Å². The summed E-state index contributed by atoms with van der Waals surface area (Å²) in [5.41, 5.74) is 2.55. The van der Waals surface area contributed by atoms with E-state index in [0.717, 1.165) is 16.6 Å². The molecule has 0 saturated heterocycles. The maximum absolute atomic E-state index is 11.5. The van der Waals surface area contributed by atoms with Crippen LogP contribution in [0.4, 0.5) is 0 Å². The fourth-order valence-electron chi connectivity index (χ4n) is 1.51. The molecular weight excluding hydrogens is 244 g/mol. The summed E-state index contributed by atoms with van der Waals surface area (Å²) in [4.78, 5) is 18.7. The normalized spacial score (nSPS) is 10.7. The lowest BCUT2D eigenvalue weighted by Gasteiger charge is -1.97.